The van der Waals surface area contributed by atoms with Crippen molar-refractivity contribution in [1.82, 2.24) is 15.1 Å². The number of likely N-dealkylation sites (tertiary alicyclic amines) is 2. The van der Waals surface area contributed by atoms with Crippen molar-refractivity contribution in [2.75, 3.05) is 32.7 Å². The second-order valence-electron chi connectivity index (χ2n) is 7.70. The van der Waals surface area contributed by atoms with Crippen LogP contribution in [0.15, 0.2) is 18.2 Å². The van der Waals surface area contributed by atoms with E-state index in [9.17, 15) is 14.4 Å². The second kappa shape index (κ2) is 10.3. The maximum absolute atomic E-state index is 12.8. The van der Waals surface area contributed by atoms with Crippen molar-refractivity contribution in [3.05, 3.63) is 33.8 Å². The SMILES string of the molecule is O=C(NCC(=O)N1CCC(C(=O)N2CCCCCC2)CC1)c1ccc(Cl)cc1Cl. The van der Waals surface area contributed by atoms with Crippen molar-refractivity contribution < 1.29 is 14.4 Å². The maximum Gasteiger partial charge on any atom is 0.253 e. The lowest BCUT2D eigenvalue weighted by atomic mass is 9.95. The third kappa shape index (κ3) is 5.86. The molecule has 0 unspecified atom stereocenters. The van der Waals surface area contributed by atoms with E-state index in [1.807, 2.05) is 4.90 Å². The smallest absolute Gasteiger partial charge is 0.253 e. The molecule has 3 amide bonds. The first-order valence-corrected chi connectivity index (χ1v) is 11.0. The van der Waals surface area contributed by atoms with Crippen LogP contribution in [-0.2, 0) is 9.59 Å². The van der Waals surface area contributed by atoms with Gasteiger partial charge in [-0.1, -0.05) is 36.0 Å². The van der Waals surface area contributed by atoms with E-state index in [2.05, 4.69) is 5.32 Å². The van der Waals surface area contributed by atoms with Gasteiger partial charge in [0.15, 0.2) is 0 Å². The predicted octanol–water partition coefficient (Wildman–Crippen LogP) is 3.36. The molecule has 0 radical (unpaired) electrons. The highest BCUT2D eigenvalue weighted by molar-refractivity contribution is 6.36. The molecule has 1 aromatic rings. The lowest BCUT2D eigenvalue weighted by Gasteiger charge is -2.34. The van der Waals surface area contributed by atoms with E-state index in [0.717, 1.165) is 25.9 Å². The number of piperidine rings is 1. The van der Waals surface area contributed by atoms with Gasteiger partial charge < -0.3 is 15.1 Å². The number of hydrogen-bond donors (Lipinski definition) is 1. The molecule has 1 aromatic carbocycles. The number of rotatable bonds is 4. The summed E-state index contributed by atoms with van der Waals surface area (Å²) in [4.78, 5) is 41.2. The molecule has 0 aliphatic carbocycles. The van der Waals surface area contributed by atoms with Gasteiger partial charge in [0.1, 0.15) is 0 Å². The van der Waals surface area contributed by atoms with Crippen LogP contribution in [0, 0.1) is 5.92 Å². The van der Waals surface area contributed by atoms with Gasteiger partial charge in [-0.2, -0.15) is 0 Å². The van der Waals surface area contributed by atoms with Crippen molar-refractivity contribution in [3.8, 4) is 0 Å². The maximum atomic E-state index is 12.8. The molecule has 0 saturated carbocycles. The van der Waals surface area contributed by atoms with Gasteiger partial charge in [-0.3, -0.25) is 14.4 Å². The van der Waals surface area contributed by atoms with Crippen LogP contribution >= 0.6 is 23.2 Å². The van der Waals surface area contributed by atoms with Crippen molar-refractivity contribution in [2.45, 2.75) is 38.5 Å². The highest BCUT2D eigenvalue weighted by Crippen LogP contribution is 2.22. The van der Waals surface area contributed by atoms with Crippen LogP contribution in [0.1, 0.15) is 48.9 Å². The van der Waals surface area contributed by atoms with E-state index in [4.69, 9.17) is 23.2 Å². The van der Waals surface area contributed by atoms with Crippen LogP contribution < -0.4 is 5.32 Å². The van der Waals surface area contributed by atoms with E-state index in [1.54, 1.807) is 11.0 Å². The standard InChI is InChI=1S/C21H27Cl2N3O3/c22-16-5-6-17(18(23)13-16)20(28)24-14-19(27)25-11-7-15(8-12-25)21(29)26-9-3-1-2-4-10-26/h5-6,13,15H,1-4,7-12,14H2,(H,24,28). The first kappa shape index (κ1) is 21.9. The fourth-order valence-electron chi connectivity index (χ4n) is 3.96. The summed E-state index contributed by atoms with van der Waals surface area (Å²) in [5.41, 5.74) is 0.283. The molecule has 0 spiro atoms. The van der Waals surface area contributed by atoms with Crippen LogP contribution in [0.5, 0.6) is 0 Å². The lowest BCUT2D eigenvalue weighted by molar-refractivity contribution is -0.140. The molecule has 6 nitrogen and oxygen atoms in total. The zero-order valence-corrected chi connectivity index (χ0v) is 18.0. The van der Waals surface area contributed by atoms with Crippen molar-refractivity contribution in [2.24, 2.45) is 5.92 Å². The second-order valence-corrected chi connectivity index (χ2v) is 8.55. The Morgan fingerprint density at radius 3 is 2.21 bits per heavy atom. The quantitative estimate of drug-likeness (QED) is 0.781. The van der Waals surface area contributed by atoms with Crippen molar-refractivity contribution >= 4 is 40.9 Å². The van der Waals surface area contributed by atoms with E-state index in [0.29, 0.717) is 31.0 Å². The first-order valence-electron chi connectivity index (χ1n) is 10.3. The van der Waals surface area contributed by atoms with E-state index < -0.39 is 5.91 Å². The topological polar surface area (TPSA) is 69.7 Å². The summed E-state index contributed by atoms with van der Waals surface area (Å²) >= 11 is 11.9. The molecule has 2 saturated heterocycles. The Bertz CT molecular complexity index is 756. The Labute approximate surface area is 181 Å². The van der Waals surface area contributed by atoms with Gasteiger partial charge in [-0.15, -0.1) is 0 Å². The molecular weight excluding hydrogens is 413 g/mol. The fourth-order valence-corrected chi connectivity index (χ4v) is 4.46. The lowest BCUT2D eigenvalue weighted by Crippen LogP contribution is -2.47. The Morgan fingerprint density at radius 1 is 0.931 bits per heavy atom. The summed E-state index contributed by atoms with van der Waals surface area (Å²) in [7, 11) is 0. The van der Waals surface area contributed by atoms with Crippen LogP contribution in [0.25, 0.3) is 0 Å². The highest BCUT2D eigenvalue weighted by atomic mass is 35.5. The van der Waals surface area contributed by atoms with E-state index in [-0.39, 0.29) is 34.9 Å². The monoisotopic (exact) mass is 439 g/mol. The van der Waals surface area contributed by atoms with E-state index >= 15 is 0 Å². The Kier molecular flexibility index (Phi) is 7.78. The molecule has 29 heavy (non-hydrogen) atoms. The fraction of sp³-hybridized carbons (Fsp3) is 0.571. The minimum Gasteiger partial charge on any atom is -0.343 e. The molecule has 2 aliphatic rings. The molecular formula is C21H27Cl2N3O3. The van der Waals surface area contributed by atoms with Gasteiger partial charge in [0.05, 0.1) is 17.1 Å². The van der Waals surface area contributed by atoms with Gasteiger partial charge in [-0.25, -0.2) is 0 Å². The predicted molar refractivity (Wildman–Crippen MR) is 113 cm³/mol. The average molecular weight is 440 g/mol. The number of hydrogen-bond acceptors (Lipinski definition) is 3. The molecule has 2 heterocycles. The van der Waals surface area contributed by atoms with Gasteiger partial charge in [0.2, 0.25) is 11.8 Å². The molecule has 0 atom stereocenters. The number of carbonyl (C=O) groups is 3. The molecule has 1 N–H and O–H groups in total. The Morgan fingerprint density at radius 2 is 1.59 bits per heavy atom. The normalized spacial score (nSPS) is 18.3. The molecule has 8 heteroatoms. The largest absolute Gasteiger partial charge is 0.343 e. The van der Waals surface area contributed by atoms with Crippen molar-refractivity contribution in [3.63, 3.8) is 0 Å². The minimum atomic E-state index is -0.411. The molecule has 3 rings (SSSR count). The van der Waals surface area contributed by atoms with Gasteiger partial charge in [-0.05, 0) is 43.9 Å². The number of carbonyl (C=O) groups excluding carboxylic acids is 3. The number of nitrogens with one attached hydrogen (secondary N) is 1. The van der Waals surface area contributed by atoms with Gasteiger partial charge >= 0.3 is 0 Å². The summed E-state index contributed by atoms with van der Waals surface area (Å²) in [6, 6.07) is 4.60. The summed E-state index contributed by atoms with van der Waals surface area (Å²) in [5.74, 6) is -0.320. The zero-order valence-electron chi connectivity index (χ0n) is 16.5. The molecule has 2 fully saturated rings. The van der Waals surface area contributed by atoms with E-state index in [1.165, 1.54) is 25.0 Å². The Hall–Kier alpha value is -1.79. The zero-order chi connectivity index (χ0) is 20.8. The van der Waals surface area contributed by atoms with Crippen molar-refractivity contribution in [1.29, 1.82) is 0 Å². The number of nitrogens with zero attached hydrogens (tertiary/aromatic N) is 2. The third-order valence-electron chi connectivity index (χ3n) is 5.69. The molecule has 158 valence electrons. The van der Waals surface area contributed by atoms with Crippen LogP contribution in [0.4, 0.5) is 0 Å². The first-order chi connectivity index (χ1) is 14.0. The number of halogens is 2. The molecule has 0 aromatic heterocycles. The summed E-state index contributed by atoms with van der Waals surface area (Å²) < 4.78 is 0. The summed E-state index contributed by atoms with van der Waals surface area (Å²) in [6.07, 6.45) is 5.92. The van der Waals surface area contributed by atoms with Gasteiger partial charge in [0.25, 0.3) is 5.91 Å². The van der Waals surface area contributed by atoms with Crippen LogP contribution in [-0.4, -0.2) is 60.2 Å². The molecule has 2 aliphatic heterocycles. The highest BCUT2D eigenvalue weighted by Gasteiger charge is 2.30. The Balaban J connectivity index is 1.45. The number of amides is 3. The summed E-state index contributed by atoms with van der Waals surface area (Å²) in [5, 5.41) is 3.31. The average Bonchev–Trinajstić information content (AvgIpc) is 3.01. The van der Waals surface area contributed by atoms with Gasteiger partial charge in [0, 0.05) is 37.1 Å². The summed E-state index contributed by atoms with van der Waals surface area (Å²) in [6.45, 7) is 2.71. The third-order valence-corrected chi connectivity index (χ3v) is 6.24. The number of benzene rings is 1. The minimum absolute atomic E-state index is 0.000356. The van der Waals surface area contributed by atoms with Crippen LogP contribution in [0.2, 0.25) is 10.0 Å². The van der Waals surface area contributed by atoms with Crippen LogP contribution in [0.3, 0.4) is 0 Å². The molecule has 0 bridgehead atoms.